The molecule has 0 spiro atoms. The van der Waals surface area contributed by atoms with Crippen LogP contribution in [0.5, 0.6) is 0 Å². The minimum Gasteiger partial charge on any atom is -0.355 e. The predicted molar refractivity (Wildman–Crippen MR) is 107 cm³/mol. The molecular weight excluding hydrogens is 369 g/mol. The molecule has 2 aromatic heterocycles. The van der Waals surface area contributed by atoms with Crippen molar-refractivity contribution in [2.45, 2.75) is 0 Å². The van der Waals surface area contributed by atoms with Crippen LogP contribution in [-0.2, 0) is 0 Å². The predicted octanol–water partition coefficient (Wildman–Crippen LogP) is 2.89. The molecule has 0 radical (unpaired) electrons. The van der Waals surface area contributed by atoms with Crippen molar-refractivity contribution in [2.24, 2.45) is 11.8 Å². The van der Waals surface area contributed by atoms with E-state index in [1.165, 1.54) is 12.3 Å². The molecule has 2 aliphatic rings. The molecule has 1 aromatic carbocycles. The molecule has 7 heteroatoms. The van der Waals surface area contributed by atoms with Crippen LogP contribution in [0, 0.1) is 17.7 Å². The van der Waals surface area contributed by atoms with E-state index >= 15 is 0 Å². The van der Waals surface area contributed by atoms with Crippen LogP contribution in [0.15, 0.2) is 61.2 Å². The maximum atomic E-state index is 13.9. The molecule has 5 rings (SSSR count). The zero-order valence-corrected chi connectivity index (χ0v) is 15.8. The lowest BCUT2D eigenvalue weighted by Gasteiger charge is -2.22. The van der Waals surface area contributed by atoms with Crippen molar-refractivity contribution in [2.75, 3.05) is 31.1 Å². The van der Waals surface area contributed by atoms with Crippen LogP contribution < -0.4 is 4.90 Å². The normalized spacial score (nSPS) is 20.7. The third-order valence-corrected chi connectivity index (χ3v) is 5.81. The fourth-order valence-electron chi connectivity index (χ4n) is 4.31. The second kappa shape index (κ2) is 7.24. The minimum absolute atomic E-state index is 0.0965. The van der Waals surface area contributed by atoms with Gasteiger partial charge in [-0.3, -0.25) is 14.8 Å². The Hall–Kier alpha value is -3.35. The van der Waals surface area contributed by atoms with E-state index in [0.717, 1.165) is 36.4 Å². The van der Waals surface area contributed by atoms with Crippen molar-refractivity contribution in [3.63, 3.8) is 0 Å². The Balaban J connectivity index is 1.25. The molecule has 6 nitrogen and oxygen atoms in total. The SMILES string of the molecule is O=C(c1ccncc1F)N1CC2CN(c3cnc(-c4ccccc4)cn3)CC2C1. The van der Waals surface area contributed by atoms with Gasteiger partial charge in [-0.15, -0.1) is 0 Å². The first-order valence-corrected chi connectivity index (χ1v) is 9.70. The summed E-state index contributed by atoms with van der Waals surface area (Å²) in [6.45, 7) is 2.92. The number of hydrogen-bond donors (Lipinski definition) is 0. The van der Waals surface area contributed by atoms with Gasteiger partial charge in [-0.25, -0.2) is 9.37 Å². The van der Waals surface area contributed by atoms with Crippen LogP contribution >= 0.6 is 0 Å². The Kier molecular flexibility index (Phi) is 4.42. The van der Waals surface area contributed by atoms with Crippen molar-refractivity contribution in [1.82, 2.24) is 19.9 Å². The van der Waals surface area contributed by atoms with Gasteiger partial charge in [-0.05, 0) is 6.07 Å². The number of aromatic nitrogens is 3. The summed E-state index contributed by atoms with van der Waals surface area (Å²) in [6.07, 6.45) is 6.16. The van der Waals surface area contributed by atoms with Gasteiger partial charge in [0.1, 0.15) is 5.82 Å². The summed E-state index contributed by atoms with van der Waals surface area (Å²) in [5, 5.41) is 0. The summed E-state index contributed by atoms with van der Waals surface area (Å²) >= 11 is 0. The highest BCUT2D eigenvalue weighted by atomic mass is 19.1. The van der Waals surface area contributed by atoms with E-state index in [4.69, 9.17) is 0 Å². The van der Waals surface area contributed by atoms with Gasteiger partial charge in [0, 0.05) is 49.8 Å². The molecule has 2 saturated heterocycles. The van der Waals surface area contributed by atoms with Crippen LogP contribution in [0.4, 0.5) is 10.2 Å². The summed E-state index contributed by atoms with van der Waals surface area (Å²) in [4.78, 5) is 29.5. The zero-order valence-electron chi connectivity index (χ0n) is 15.8. The Morgan fingerprint density at radius 2 is 1.69 bits per heavy atom. The second-order valence-corrected chi connectivity index (χ2v) is 7.62. The summed E-state index contributed by atoms with van der Waals surface area (Å²) < 4.78 is 13.9. The van der Waals surface area contributed by atoms with Gasteiger partial charge in [0.15, 0.2) is 5.82 Å². The first-order chi connectivity index (χ1) is 14.2. The number of carbonyl (C=O) groups excluding carboxylic acids is 1. The number of benzene rings is 1. The number of fused-ring (bicyclic) bond motifs is 1. The number of amides is 1. The lowest BCUT2D eigenvalue weighted by molar-refractivity contribution is 0.0777. The van der Waals surface area contributed by atoms with Gasteiger partial charge >= 0.3 is 0 Å². The lowest BCUT2D eigenvalue weighted by Crippen LogP contribution is -2.34. The minimum atomic E-state index is -0.565. The fraction of sp³-hybridized carbons (Fsp3) is 0.273. The Morgan fingerprint density at radius 1 is 0.931 bits per heavy atom. The standard InChI is InChI=1S/C22H20FN5O/c23-19-8-24-7-6-18(19)22(29)28-13-16-11-27(12-17(16)14-28)21-10-25-20(9-26-21)15-4-2-1-3-5-15/h1-10,16-17H,11-14H2. The van der Waals surface area contributed by atoms with Gasteiger partial charge in [0.2, 0.25) is 0 Å². The van der Waals surface area contributed by atoms with E-state index in [-0.39, 0.29) is 11.5 Å². The quantitative estimate of drug-likeness (QED) is 0.689. The Morgan fingerprint density at radius 3 is 2.34 bits per heavy atom. The van der Waals surface area contributed by atoms with E-state index in [0.29, 0.717) is 24.9 Å². The average molecular weight is 389 g/mol. The molecule has 2 aliphatic heterocycles. The molecule has 0 bridgehead atoms. The lowest BCUT2D eigenvalue weighted by atomic mass is 10.0. The van der Waals surface area contributed by atoms with E-state index in [1.54, 1.807) is 11.1 Å². The first kappa shape index (κ1) is 17.7. The molecule has 0 saturated carbocycles. The van der Waals surface area contributed by atoms with Crippen LogP contribution in [0.25, 0.3) is 11.3 Å². The number of nitrogens with zero attached hydrogens (tertiary/aromatic N) is 5. The highest BCUT2D eigenvalue weighted by molar-refractivity contribution is 5.94. The molecule has 2 unspecified atom stereocenters. The maximum absolute atomic E-state index is 13.9. The van der Waals surface area contributed by atoms with Crippen molar-refractivity contribution in [3.8, 4) is 11.3 Å². The third-order valence-electron chi connectivity index (χ3n) is 5.81. The maximum Gasteiger partial charge on any atom is 0.256 e. The molecule has 2 atom stereocenters. The molecular formula is C22H20FN5O. The van der Waals surface area contributed by atoms with E-state index in [2.05, 4.69) is 19.9 Å². The summed E-state index contributed by atoms with van der Waals surface area (Å²) in [7, 11) is 0. The molecule has 2 fully saturated rings. The number of carbonyl (C=O) groups is 1. The molecule has 29 heavy (non-hydrogen) atoms. The summed E-state index contributed by atoms with van der Waals surface area (Å²) in [6, 6.07) is 11.4. The van der Waals surface area contributed by atoms with Crippen LogP contribution in [0.3, 0.4) is 0 Å². The number of hydrogen-bond acceptors (Lipinski definition) is 5. The topological polar surface area (TPSA) is 62.2 Å². The number of pyridine rings is 1. The molecule has 146 valence electrons. The van der Waals surface area contributed by atoms with Crippen molar-refractivity contribution in [3.05, 3.63) is 72.6 Å². The van der Waals surface area contributed by atoms with Crippen LogP contribution in [-0.4, -0.2) is 51.9 Å². The Labute approximate surface area is 168 Å². The fourth-order valence-corrected chi connectivity index (χ4v) is 4.31. The van der Waals surface area contributed by atoms with Gasteiger partial charge in [0.25, 0.3) is 5.91 Å². The highest BCUT2D eigenvalue weighted by Crippen LogP contribution is 2.34. The molecule has 0 N–H and O–H groups in total. The van der Waals surface area contributed by atoms with Crippen molar-refractivity contribution >= 4 is 11.7 Å². The van der Waals surface area contributed by atoms with Gasteiger partial charge in [-0.1, -0.05) is 30.3 Å². The van der Waals surface area contributed by atoms with Crippen molar-refractivity contribution < 1.29 is 9.18 Å². The highest BCUT2D eigenvalue weighted by Gasteiger charge is 2.42. The van der Waals surface area contributed by atoms with E-state index in [1.807, 2.05) is 36.5 Å². The molecule has 1 amide bonds. The van der Waals surface area contributed by atoms with Gasteiger partial charge in [-0.2, -0.15) is 0 Å². The van der Waals surface area contributed by atoms with Gasteiger partial charge in [0.05, 0.1) is 29.8 Å². The van der Waals surface area contributed by atoms with Crippen LogP contribution in [0.1, 0.15) is 10.4 Å². The smallest absolute Gasteiger partial charge is 0.256 e. The third kappa shape index (κ3) is 3.33. The first-order valence-electron chi connectivity index (χ1n) is 9.70. The largest absolute Gasteiger partial charge is 0.355 e. The second-order valence-electron chi connectivity index (χ2n) is 7.62. The summed E-state index contributed by atoms with van der Waals surface area (Å²) in [5.41, 5.74) is 1.99. The average Bonchev–Trinajstić information content (AvgIpc) is 3.34. The number of halogens is 1. The number of rotatable bonds is 3. The molecule has 0 aliphatic carbocycles. The van der Waals surface area contributed by atoms with E-state index in [9.17, 15) is 9.18 Å². The molecule has 3 aromatic rings. The van der Waals surface area contributed by atoms with Crippen molar-refractivity contribution in [1.29, 1.82) is 0 Å². The number of likely N-dealkylation sites (tertiary alicyclic amines) is 1. The summed E-state index contributed by atoms with van der Waals surface area (Å²) in [5.74, 6) is 0.763. The van der Waals surface area contributed by atoms with E-state index < -0.39 is 5.82 Å². The van der Waals surface area contributed by atoms with Crippen LogP contribution in [0.2, 0.25) is 0 Å². The number of anilines is 1. The Bertz CT molecular complexity index is 1010. The van der Waals surface area contributed by atoms with Gasteiger partial charge < -0.3 is 9.80 Å². The monoisotopic (exact) mass is 389 g/mol. The molecule has 4 heterocycles. The zero-order chi connectivity index (χ0) is 19.8.